The second kappa shape index (κ2) is 4.12. The summed E-state index contributed by atoms with van der Waals surface area (Å²) in [6, 6.07) is 2.14. The number of hydrogen-bond donors (Lipinski definition) is 1. The molecule has 0 amide bonds. The Hall–Kier alpha value is -0.530. The standard InChI is InChI=1S/C11H16ClN/c1-7-5-8(2)11(12)9(3)10(7)6-13-4/h5,13H,6H2,1-4H3. The minimum Gasteiger partial charge on any atom is -0.316 e. The summed E-state index contributed by atoms with van der Waals surface area (Å²) in [7, 11) is 1.95. The Bertz CT molecular complexity index is 318. The molecule has 1 N–H and O–H groups in total. The minimum absolute atomic E-state index is 0.887. The Morgan fingerprint density at radius 2 is 1.85 bits per heavy atom. The van der Waals surface area contributed by atoms with E-state index in [1.54, 1.807) is 0 Å². The molecular formula is C11H16ClN. The van der Waals surface area contributed by atoms with Crippen molar-refractivity contribution in [1.82, 2.24) is 5.32 Å². The molecule has 0 aromatic heterocycles. The second-order valence-corrected chi connectivity index (χ2v) is 3.84. The predicted molar refractivity (Wildman–Crippen MR) is 58.4 cm³/mol. The van der Waals surface area contributed by atoms with Crippen LogP contribution in [0.1, 0.15) is 22.3 Å². The van der Waals surface area contributed by atoms with Crippen LogP contribution in [0, 0.1) is 20.8 Å². The lowest BCUT2D eigenvalue weighted by molar-refractivity contribution is 0.805. The van der Waals surface area contributed by atoms with Gasteiger partial charge in [-0.25, -0.2) is 0 Å². The lowest BCUT2D eigenvalue weighted by atomic mass is 10.00. The topological polar surface area (TPSA) is 12.0 Å². The van der Waals surface area contributed by atoms with E-state index in [2.05, 4.69) is 25.2 Å². The summed E-state index contributed by atoms with van der Waals surface area (Å²) < 4.78 is 0. The predicted octanol–water partition coefficient (Wildman–Crippen LogP) is 2.98. The third kappa shape index (κ3) is 2.04. The average molecular weight is 198 g/mol. The zero-order valence-corrected chi connectivity index (χ0v) is 9.42. The lowest BCUT2D eigenvalue weighted by Crippen LogP contribution is -2.09. The maximum atomic E-state index is 6.16. The van der Waals surface area contributed by atoms with Gasteiger partial charge in [-0.15, -0.1) is 0 Å². The van der Waals surface area contributed by atoms with Gasteiger partial charge < -0.3 is 5.32 Å². The molecule has 1 nitrogen and oxygen atoms in total. The highest BCUT2D eigenvalue weighted by Crippen LogP contribution is 2.26. The Balaban J connectivity index is 3.26. The monoisotopic (exact) mass is 197 g/mol. The van der Waals surface area contributed by atoms with Crippen LogP contribution in [0.3, 0.4) is 0 Å². The second-order valence-electron chi connectivity index (χ2n) is 3.46. The summed E-state index contributed by atoms with van der Waals surface area (Å²) in [5.74, 6) is 0. The van der Waals surface area contributed by atoms with Gasteiger partial charge in [-0.05, 0) is 50.1 Å². The van der Waals surface area contributed by atoms with Gasteiger partial charge in [-0.1, -0.05) is 17.7 Å². The van der Waals surface area contributed by atoms with Crippen LogP contribution in [0.25, 0.3) is 0 Å². The fourth-order valence-electron chi connectivity index (χ4n) is 1.65. The van der Waals surface area contributed by atoms with Crippen molar-refractivity contribution < 1.29 is 0 Å². The third-order valence-electron chi connectivity index (χ3n) is 2.39. The van der Waals surface area contributed by atoms with Crippen molar-refractivity contribution in [2.75, 3.05) is 7.05 Å². The van der Waals surface area contributed by atoms with Gasteiger partial charge in [0, 0.05) is 11.6 Å². The smallest absolute Gasteiger partial charge is 0.0467 e. The summed E-state index contributed by atoms with van der Waals surface area (Å²) in [5, 5.41) is 4.05. The first-order chi connectivity index (χ1) is 6.07. The Kier molecular flexibility index (Phi) is 3.34. The first-order valence-electron chi connectivity index (χ1n) is 4.47. The van der Waals surface area contributed by atoms with E-state index in [1.165, 1.54) is 16.7 Å². The summed E-state index contributed by atoms with van der Waals surface area (Å²) >= 11 is 6.16. The van der Waals surface area contributed by atoms with E-state index in [9.17, 15) is 0 Å². The van der Waals surface area contributed by atoms with Crippen LogP contribution in [0.2, 0.25) is 5.02 Å². The molecule has 72 valence electrons. The maximum Gasteiger partial charge on any atom is 0.0467 e. The molecule has 0 bridgehead atoms. The van der Waals surface area contributed by atoms with Crippen LogP contribution in [0.15, 0.2) is 6.07 Å². The largest absolute Gasteiger partial charge is 0.316 e. The molecule has 2 heteroatoms. The van der Waals surface area contributed by atoms with E-state index < -0.39 is 0 Å². The number of benzene rings is 1. The van der Waals surface area contributed by atoms with Gasteiger partial charge in [0.25, 0.3) is 0 Å². The van der Waals surface area contributed by atoms with Gasteiger partial charge >= 0.3 is 0 Å². The van der Waals surface area contributed by atoms with Crippen molar-refractivity contribution >= 4 is 11.6 Å². The highest BCUT2D eigenvalue weighted by atomic mass is 35.5. The first-order valence-corrected chi connectivity index (χ1v) is 4.85. The number of rotatable bonds is 2. The van der Waals surface area contributed by atoms with Crippen LogP contribution >= 0.6 is 11.6 Å². The summed E-state index contributed by atoms with van der Waals surface area (Å²) in [4.78, 5) is 0. The normalized spacial score (nSPS) is 10.5. The Morgan fingerprint density at radius 1 is 1.23 bits per heavy atom. The minimum atomic E-state index is 0.887. The fourth-order valence-corrected chi connectivity index (χ4v) is 1.82. The van der Waals surface area contributed by atoms with E-state index in [4.69, 9.17) is 11.6 Å². The van der Waals surface area contributed by atoms with Crippen molar-refractivity contribution in [1.29, 1.82) is 0 Å². The van der Waals surface area contributed by atoms with Crippen LogP contribution in [-0.4, -0.2) is 7.05 Å². The molecule has 0 aliphatic heterocycles. The number of hydrogen-bond acceptors (Lipinski definition) is 1. The first kappa shape index (κ1) is 10.6. The van der Waals surface area contributed by atoms with Gasteiger partial charge in [-0.3, -0.25) is 0 Å². The summed E-state index contributed by atoms with van der Waals surface area (Å²) in [6.45, 7) is 7.14. The van der Waals surface area contributed by atoms with Crippen molar-refractivity contribution in [2.45, 2.75) is 27.3 Å². The summed E-state index contributed by atoms with van der Waals surface area (Å²) in [5.41, 5.74) is 5.00. The molecule has 0 saturated heterocycles. The highest BCUT2D eigenvalue weighted by Gasteiger charge is 2.07. The van der Waals surface area contributed by atoms with Gasteiger partial charge in [0.1, 0.15) is 0 Å². The molecule has 1 aromatic rings. The van der Waals surface area contributed by atoms with E-state index in [-0.39, 0.29) is 0 Å². The van der Waals surface area contributed by atoms with Crippen molar-refractivity contribution in [2.24, 2.45) is 0 Å². The SMILES string of the molecule is CNCc1c(C)cc(C)c(Cl)c1C. The van der Waals surface area contributed by atoms with Crippen LogP contribution in [0.4, 0.5) is 0 Å². The number of aryl methyl sites for hydroxylation is 2. The van der Waals surface area contributed by atoms with Crippen molar-refractivity contribution in [3.8, 4) is 0 Å². The summed E-state index contributed by atoms with van der Waals surface area (Å²) in [6.07, 6.45) is 0. The number of halogens is 1. The third-order valence-corrected chi connectivity index (χ3v) is 2.97. The van der Waals surface area contributed by atoms with E-state index in [1.807, 2.05) is 14.0 Å². The molecular weight excluding hydrogens is 182 g/mol. The fraction of sp³-hybridized carbons (Fsp3) is 0.455. The molecule has 0 atom stereocenters. The van der Waals surface area contributed by atoms with E-state index in [0.29, 0.717) is 0 Å². The van der Waals surface area contributed by atoms with Gasteiger partial charge in [0.2, 0.25) is 0 Å². The van der Waals surface area contributed by atoms with E-state index >= 15 is 0 Å². The van der Waals surface area contributed by atoms with Gasteiger partial charge in [0.15, 0.2) is 0 Å². The zero-order chi connectivity index (χ0) is 10.0. The highest BCUT2D eigenvalue weighted by molar-refractivity contribution is 6.32. The molecule has 1 rings (SSSR count). The molecule has 0 saturated carbocycles. The Morgan fingerprint density at radius 3 is 2.38 bits per heavy atom. The molecule has 0 unspecified atom stereocenters. The molecule has 0 heterocycles. The van der Waals surface area contributed by atoms with E-state index in [0.717, 1.165) is 17.1 Å². The average Bonchev–Trinajstić information content (AvgIpc) is 2.09. The van der Waals surface area contributed by atoms with Crippen LogP contribution in [-0.2, 0) is 6.54 Å². The molecule has 0 aliphatic carbocycles. The van der Waals surface area contributed by atoms with Gasteiger partial charge in [0.05, 0.1) is 0 Å². The molecule has 0 fully saturated rings. The molecule has 0 radical (unpaired) electrons. The molecule has 1 aromatic carbocycles. The maximum absolute atomic E-state index is 6.16. The van der Waals surface area contributed by atoms with Crippen LogP contribution in [0.5, 0.6) is 0 Å². The molecule has 0 aliphatic rings. The van der Waals surface area contributed by atoms with Crippen LogP contribution < -0.4 is 5.32 Å². The zero-order valence-electron chi connectivity index (χ0n) is 8.66. The van der Waals surface area contributed by atoms with Gasteiger partial charge in [-0.2, -0.15) is 0 Å². The number of nitrogens with one attached hydrogen (secondary N) is 1. The van der Waals surface area contributed by atoms with Crippen molar-refractivity contribution in [3.63, 3.8) is 0 Å². The molecule has 13 heavy (non-hydrogen) atoms. The molecule has 0 spiro atoms. The quantitative estimate of drug-likeness (QED) is 0.769. The van der Waals surface area contributed by atoms with Crippen molar-refractivity contribution in [3.05, 3.63) is 33.3 Å². The Labute approximate surface area is 85.1 Å². The lowest BCUT2D eigenvalue weighted by Gasteiger charge is -2.13.